The number of benzene rings is 1. The van der Waals surface area contributed by atoms with Gasteiger partial charge in [-0.3, -0.25) is 14.5 Å². The lowest BCUT2D eigenvalue weighted by molar-refractivity contribution is -0.131. The molecule has 0 radical (unpaired) electrons. The minimum atomic E-state index is -0.667. The van der Waals surface area contributed by atoms with Gasteiger partial charge in [-0.1, -0.05) is 35.5 Å². The van der Waals surface area contributed by atoms with E-state index >= 15 is 0 Å². The summed E-state index contributed by atoms with van der Waals surface area (Å²) in [5.74, 6) is -0.266. The molecule has 124 valence electrons. The van der Waals surface area contributed by atoms with Crippen LogP contribution in [0.3, 0.4) is 0 Å². The first-order valence-electron chi connectivity index (χ1n) is 8.12. The van der Waals surface area contributed by atoms with Gasteiger partial charge in [0, 0.05) is 10.7 Å². The van der Waals surface area contributed by atoms with E-state index in [9.17, 15) is 9.59 Å². The van der Waals surface area contributed by atoms with Gasteiger partial charge in [0.15, 0.2) is 11.0 Å². The van der Waals surface area contributed by atoms with Gasteiger partial charge in [0.2, 0.25) is 0 Å². The number of nitrogens with zero attached hydrogens (tertiary/aromatic N) is 2. The van der Waals surface area contributed by atoms with E-state index in [1.54, 1.807) is 4.90 Å². The third-order valence-electron chi connectivity index (χ3n) is 4.75. The van der Waals surface area contributed by atoms with Gasteiger partial charge in [0.1, 0.15) is 5.25 Å². The third kappa shape index (κ3) is 2.50. The summed E-state index contributed by atoms with van der Waals surface area (Å²) < 4.78 is 0. The third-order valence-corrected chi connectivity index (χ3v) is 6.27. The van der Waals surface area contributed by atoms with Crippen LogP contribution in [0.5, 0.6) is 0 Å². The molecule has 2 atom stereocenters. The lowest BCUT2D eigenvalue weighted by Gasteiger charge is -2.36. The number of amidine groups is 1. The summed E-state index contributed by atoms with van der Waals surface area (Å²) in [7, 11) is 0. The molecule has 1 aliphatic carbocycles. The quantitative estimate of drug-likeness (QED) is 0.746. The highest BCUT2D eigenvalue weighted by atomic mass is 35.5. The Bertz CT molecular complexity index is 785. The predicted molar refractivity (Wildman–Crippen MR) is 96.0 cm³/mol. The lowest BCUT2D eigenvalue weighted by Crippen LogP contribution is -2.40. The van der Waals surface area contributed by atoms with E-state index in [1.807, 2.05) is 24.3 Å². The number of hydrogen-bond donors (Lipinski definition) is 0. The van der Waals surface area contributed by atoms with Crippen LogP contribution in [0.15, 0.2) is 40.5 Å². The average Bonchev–Trinajstić information content (AvgIpc) is 2.90. The van der Waals surface area contributed by atoms with Gasteiger partial charge >= 0.3 is 0 Å². The number of aliphatic imine (C=N–C) groups is 1. The highest BCUT2D eigenvalue weighted by Gasteiger charge is 2.48. The van der Waals surface area contributed by atoms with Gasteiger partial charge in [-0.2, -0.15) is 0 Å². The van der Waals surface area contributed by atoms with Crippen molar-refractivity contribution in [2.24, 2.45) is 4.99 Å². The number of allylic oxidation sites excluding steroid dienone is 1. The van der Waals surface area contributed by atoms with Crippen LogP contribution in [0.2, 0.25) is 5.02 Å². The molecule has 3 aliphatic rings. The van der Waals surface area contributed by atoms with Crippen molar-refractivity contribution in [2.75, 3.05) is 0 Å². The van der Waals surface area contributed by atoms with E-state index in [0.717, 1.165) is 36.9 Å². The van der Waals surface area contributed by atoms with Crippen molar-refractivity contribution in [1.29, 1.82) is 0 Å². The van der Waals surface area contributed by atoms with E-state index in [0.29, 0.717) is 10.2 Å². The van der Waals surface area contributed by atoms with Gasteiger partial charge in [-0.05, 0) is 55.9 Å². The first kappa shape index (κ1) is 15.9. The molecule has 1 fully saturated rings. The Morgan fingerprint density at radius 1 is 1.25 bits per heavy atom. The predicted octanol–water partition coefficient (Wildman–Crippen LogP) is 4.11. The zero-order valence-electron chi connectivity index (χ0n) is 13.3. The molecule has 24 heavy (non-hydrogen) atoms. The van der Waals surface area contributed by atoms with Crippen LogP contribution in [-0.2, 0) is 9.59 Å². The maximum atomic E-state index is 12.9. The molecule has 0 bridgehead atoms. The minimum Gasteiger partial charge on any atom is -0.298 e. The summed E-state index contributed by atoms with van der Waals surface area (Å²) >= 11 is 7.31. The van der Waals surface area contributed by atoms with Crippen molar-refractivity contribution < 1.29 is 9.59 Å². The molecule has 4 nitrogen and oxygen atoms in total. The number of rotatable bonds is 2. The van der Waals surface area contributed by atoms with Crippen molar-refractivity contribution in [1.82, 2.24) is 4.90 Å². The Morgan fingerprint density at radius 2 is 1.96 bits per heavy atom. The fourth-order valence-electron chi connectivity index (χ4n) is 3.61. The molecule has 0 aromatic heterocycles. The Morgan fingerprint density at radius 3 is 2.67 bits per heavy atom. The minimum absolute atomic E-state index is 0.116. The summed E-state index contributed by atoms with van der Waals surface area (Å²) in [5.41, 5.74) is 3.33. The second kappa shape index (κ2) is 6.05. The summed E-state index contributed by atoms with van der Waals surface area (Å²) in [6.45, 7) is 1.47. The number of fused-ring (bicyclic) bond motifs is 1. The standard InChI is InChI=1S/C18H17ClN2O2S/c1-10(22)16-17(23)21-15(11-6-8-12(19)9-7-11)13-4-2-3-5-14(13)20-18(21)24-16/h6-9,15-16H,2-5H2,1H3/t15-,16+/m0/s1. The summed E-state index contributed by atoms with van der Waals surface area (Å²) in [4.78, 5) is 31.2. The monoisotopic (exact) mass is 360 g/mol. The molecule has 1 amide bonds. The van der Waals surface area contributed by atoms with Gasteiger partial charge in [-0.25, -0.2) is 4.99 Å². The molecule has 0 N–H and O–H groups in total. The summed E-state index contributed by atoms with van der Waals surface area (Å²) in [6, 6.07) is 7.47. The number of amides is 1. The van der Waals surface area contributed by atoms with Crippen LogP contribution in [0, 0.1) is 0 Å². The number of Topliss-reactive ketones (excluding diaryl/α,β-unsaturated/α-hetero) is 1. The van der Waals surface area contributed by atoms with Crippen molar-refractivity contribution in [3.8, 4) is 0 Å². The van der Waals surface area contributed by atoms with Crippen molar-refractivity contribution in [2.45, 2.75) is 43.9 Å². The van der Waals surface area contributed by atoms with Gasteiger partial charge in [-0.15, -0.1) is 0 Å². The zero-order chi connectivity index (χ0) is 16.8. The smallest absolute Gasteiger partial charge is 0.250 e. The molecule has 1 aromatic carbocycles. The summed E-state index contributed by atoms with van der Waals surface area (Å²) in [6.07, 6.45) is 4.12. The molecule has 2 aliphatic heterocycles. The van der Waals surface area contributed by atoms with Crippen LogP contribution in [-0.4, -0.2) is 27.0 Å². The van der Waals surface area contributed by atoms with Gasteiger partial charge in [0.25, 0.3) is 5.91 Å². The average molecular weight is 361 g/mol. The second-order valence-electron chi connectivity index (χ2n) is 6.34. The number of carbonyl (C=O) groups is 2. The highest BCUT2D eigenvalue weighted by Crippen LogP contribution is 2.47. The van der Waals surface area contributed by atoms with E-state index in [4.69, 9.17) is 16.6 Å². The van der Waals surface area contributed by atoms with E-state index in [2.05, 4.69) is 0 Å². The van der Waals surface area contributed by atoms with Gasteiger partial charge < -0.3 is 0 Å². The lowest BCUT2D eigenvalue weighted by atomic mass is 9.86. The first-order valence-corrected chi connectivity index (χ1v) is 9.38. The van der Waals surface area contributed by atoms with Crippen LogP contribution < -0.4 is 0 Å². The van der Waals surface area contributed by atoms with Crippen LogP contribution in [0.4, 0.5) is 0 Å². The highest BCUT2D eigenvalue weighted by molar-refractivity contribution is 8.16. The molecule has 0 saturated carbocycles. The van der Waals surface area contributed by atoms with Gasteiger partial charge in [0.05, 0.1) is 6.04 Å². The first-order chi connectivity index (χ1) is 11.6. The fourth-order valence-corrected chi connectivity index (χ4v) is 4.80. The van der Waals surface area contributed by atoms with Crippen molar-refractivity contribution in [3.63, 3.8) is 0 Å². The Kier molecular flexibility index (Phi) is 4.01. The van der Waals surface area contributed by atoms with Crippen LogP contribution in [0.1, 0.15) is 44.2 Å². The Balaban J connectivity index is 1.83. The Hall–Kier alpha value is -1.59. The number of halogens is 1. The summed E-state index contributed by atoms with van der Waals surface area (Å²) in [5, 5.41) is 0.672. The zero-order valence-corrected chi connectivity index (χ0v) is 14.9. The number of thioether (sulfide) groups is 1. The molecule has 4 rings (SSSR count). The molecule has 1 aromatic rings. The topological polar surface area (TPSA) is 49.7 Å². The molecule has 0 spiro atoms. The number of carbonyl (C=O) groups excluding carboxylic acids is 2. The SMILES string of the molecule is CC(=O)[C@H]1SC2=NC3=C(CCCC3)[C@H](c3ccc(Cl)cc3)N2C1=O. The number of ketones is 1. The van der Waals surface area contributed by atoms with E-state index < -0.39 is 5.25 Å². The Labute approximate surface area is 150 Å². The molecule has 1 saturated heterocycles. The maximum absolute atomic E-state index is 12.9. The van der Waals surface area contributed by atoms with E-state index in [-0.39, 0.29) is 17.7 Å². The number of hydrogen-bond acceptors (Lipinski definition) is 4. The largest absolute Gasteiger partial charge is 0.298 e. The van der Waals surface area contributed by atoms with Crippen LogP contribution in [0.25, 0.3) is 0 Å². The maximum Gasteiger partial charge on any atom is 0.250 e. The molecular weight excluding hydrogens is 344 g/mol. The molecule has 0 unspecified atom stereocenters. The fraction of sp³-hybridized carbons (Fsp3) is 0.389. The normalized spacial score (nSPS) is 26.2. The molecule has 2 heterocycles. The molecule has 6 heteroatoms. The van der Waals surface area contributed by atoms with Crippen LogP contribution >= 0.6 is 23.4 Å². The second-order valence-corrected chi connectivity index (χ2v) is 7.85. The van der Waals surface area contributed by atoms with Crippen molar-refractivity contribution in [3.05, 3.63) is 46.1 Å². The van der Waals surface area contributed by atoms with E-state index in [1.165, 1.54) is 24.3 Å². The van der Waals surface area contributed by atoms with Crippen molar-refractivity contribution >= 4 is 40.2 Å². The molecular formula is C18H17ClN2O2S.